The lowest BCUT2D eigenvalue weighted by atomic mass is 9.99. The summed E-state index contributed by atoms with van der Waals surface area (Å²) >= 11 is 0. The molecular weight excluding hydrogens is 296 g/mol. The van der Waals surface area contributed by atoms with Gasteiger partial charge in [0, 0.05) is 26.3 Å². The van der Waals surface area contributed by atoms with Crippen LogP contribution in [-0.2, 0) is 18.2 Å². The zero-order valence-electron chi connectivity index (χ0n) is 13.1. The number of rotatable bonds is 4. The first-order valence-corrected chi connectivity index (χ1v) is 7.72. The van der Waals surface area contributed by atoms with Crippen LogP contribution in [0, 0.1) is 5.92 Å². The fourth-order valence-corrected chi connectivity index (χ4v) is 2.87. The van der Waals surface area contributed by atoms with Crippen LogP contribution in [0.1, 0.15) is 19.2 Å². The molecule has 4 rings (SSSR count). The third kappa shape index (κ3) is 2.79. The minimum absolute atomic E-state index is 0.248. The van der Waals surface area contributed by atoms with E-state index in [1.807, 2.05) is 25.4 Å². The Morgan fingerprint density at radius 2 is 2.17 bits per heavy atom. The predicted molar refractivity (Wildman–Crippen MR) is 81.4 cm³/mol. The lowest BCUT2D eigenvalue weighted by molar-refractivity contribution is 0.105. The van der Waals surface area contributed by atoms with Crippen LogP contribution in [0.5, 0.6) is 0 Å². The highest BCUT2D eigenvalue weighted by molar-refractivity contribution is 5.59. The number of aromatic nitrogens is 4. The molecule has 7 nitrogen and oxygen atoms in total. The predicted octanol–water partition coefficient (Wildman–Crippen LogP) is 2.70. The van der Waals surface area contributed by atoms with Gasteiger partial charge in [-0.2, -0.15) is 10.1 Å². The first-order chi connectivity index (χ1) is 11.2. The molecule has 1 aliphatic heterocycles. The quantitative estimate of drug-likeness (QED) is 0.736. The molecule has 0 spiro atoms. The van der Waals surface area contributed by atoms with E-state index in [-0.39, 0.29) is 6.10 Å². The number of furan rings is 1. The average Bonchev–Trinajstić information content (AvgIpc) is 3.28. The van der Waals surface area contributed by atoms with Crippen molar-refractivity contribution in [3.05, 3.63) is 30.4 Å². The van der Waals surface area contributed by atoms with Gasteiger partial charge in [-0.3, -0.25) is 4.68 Å². The van der Waals surface area contributed by atoms with Gasteiger partial charge in [-0.15, -0.1) is 0 Å². The molecule has 7 heteroatoms. The Balaban J connectivity index is 1.51. The molecule has 1 aliphatic rings. The second-order valence-electron chi connectivity index (χ2n) is 5.91. The van der Waals surface area contributed by atoms with Gasteiger partial charge in [-0.05, 0) is 31.4 Å². The summed E-state index contributed by atoms with van der Waals surface area (Å²) in [5, 5.41) is 8.20. The molecule has 0 N–H and O–H groups in total. The zero-order valence-corrected chi connectivity index (χ0v) is 13.1. The fraction of sp³-hybridized carbons (Fsp3) is 0.438. The molecule has 2 unspecified atom stereocenters. The number of nitrogens with zero attached hydrogens (tertiary/aromatic N) is 4. The Morgan fingerprint density at radius 3 is 2.91 bits per heavy atom. The maximum Gasteiger partial charge on any atom is 0.293 e. The second-order valence-corrected chi connectivity index (χ2v) is 5.91. The van der Waals surface area contributed by atoms with Crippen molar-refractivity contribution in [2.75, 3.05) is 6.61 Å². The largest absolute Gasteiger partial charge is 0.451 e. The van der Waals surface area contributed by atoms with Crippen molar-refractivity contribution >= 4 is 0 Å². The maximum absolute atomic E-state index is 5.80. The van der Waals surface area contributed by atoms with Crippen LogP contribution in [0.2, 0.25) is 0 Å². The van der Waals surface area contributed by atoms with E-state index < -0.39 is 0 Å². The Hall–Kier alpha value is -2.41. The minimum Gasteiger partial charge on any atom is -0.451 e. The molecule has 4 heterocycles. The van der Waals surface area contributed by atoms with Crippen LogP contribution >= 0.6 is 0 Å². The van der Waals surface area contributed by atoms with Crippen molar-refractivity contribution in [2.45, 2.75) is 25.9 Å². The van der Waals surface area contributed by atoms with Crippen molar-refractivity contribution in [2.24, 2.45) is 13.0 Å². The maximum atomic E-state index is 5.80. The Labute approximate surface area is 133 Å². The first-order valence-electron chi connectivity index (χ1n) is 7.72. The molecular formula is C16H18N4O3. The van der Waals surface area contributed by atoms with E-state index in [1.165, 1.54) is 0 Å². The molecule has 120 valence electrons. The SMILES string of the molecule is CC1OCCC1Cc1noc(-c2ccc(-c3cnn(C)c3)o2)n1. The molecule has 0 radical (unpaired) electrons. The average molecular weight is 314 g/mol. The molecule has 23 heavy (non-hydrogen) atoms. The summed E-state index contributed by atoms with van der Waals surface area (Å²) in [5.41, 5.74) is 0.912. The van der Waals surface area contributed by atoms with Gasteiger partial charge in [0.2, 0.25) is 0 Å². The number of hydrogen-bond donors (Lipinski definition) is 0. The van der Waals surface area contributed by atoms with Gasteiger partial charge < -0.3 is 13.7 Å². The van der Waals surface area contributed by atoms with Crippen molar-refractivity contribution in [1.29, 1.82) is 0 Å². The monoisotopic (exact) mass is 314 g/mol. The molecule has 1 saturated heterocycles. The second kappa shape index (κ2) is 5.66. The van der Waals surface area contributed by atoms with Crippen LogP contribution in [0.25, 0.3) is 23.0 Å². The van der Waals surface area contributed by atoms with E-state index in [1.54, 1.807) is 10.9 Å². The molecule has 1 fully saturated rings. The smallest absolute Gasteiger partial charge is 0.293 e. The van der Waals surface area contributed by atoms with Crippen molar-refractivity contribution in [3.63, 3.8) is 0 Å². The molecule has 3 aromatic heterocycles. The van der Waals surface area contributed by atoms with E-state index in [4.69, 9.17) is 13.7 Å². The minimum atomic E-state index is 0.248. The Kier molecular flexibility index (Phi) is 3.49. The number of ether oxygens (including phenoxy) is 1. The van der Waals surface area contributed by atoms with Gasteiger partial charge in [0.05, 0.1) is 17.9 Å². The summed E-state index contributed by atoms with van der Waals surface area (Å²) in [6, 6.07) is 3.71. The topological polar surface area (TPSA) is 79.1 Å². The lowest BCUT2D eigenvalue weighted by Crippen LogP contribution is -2.14. The van der Waals surface area contributed by atoms with E-state index in [0.717, 1.165) is 30.8 Å². The molecule has 0 amide bonds. The summed E-state index contributed by atoms with van der Waals surface area (Å²) in [6.07, 6.45) is 5.70. The molecule has 3 aromatic rings. The summed E-state index contributed by atoms with van der Waals surface area (Å²) in [7, 11) is 1.87. The van der Waals surface area contributed by atoms with Crippen molar-refractivity contribution in [3.8, 4) is 23.0 Å². The number of aryl methyl sites for hydroxylation is 1. The fourth-order valence-electron chi connectivity index (χ4n) is 2.87. The van der Waals surface area contributed by atoms with Gasteiger partial charge in [-0.1, -0.05) is 5.16 Å². The van der Waals surface area contributed by atoms with Crippen LogP contribution < -0.4 is 0 Å². The highest BCUT2D eigenvalue weighted by Crippen LogP contribution is 2.28. The van der Waals surface area contributed by atoms with Crippen LogP contribution in [-0.4, -0.2) is 32.6 Å². The van der Waals surface area contributed by atoms with Crippen LogP contribution in [0.4, 0.5) is 0 Å². The van der Waals surface area contributed by atoms with Gasteiger partial charge in [0.1, 0.15) is 5.76 Å². The zero-order chi connectivity index (χ0) is 15.8. The van der Waals surface area contributed by atoms with Gasteiger partial charge in [-0.25, -0.2) is 0 Å². The van der Waals surface area contributed by atoms with Crippen LogP contribution in [0.3, 0.4) is 0 Å². The first kappa shape index (κ1) is 14.2. The normalized spacial score (nSPS) is 21.1. The standard InChI is InChI=1S/C16H18N4O3/c1-10-11(5-6-21-10)7-15-18-16(23-19-15)14-4-3-13(22-14)12-8-17-20(2)9-12/h3-4,8-11H,5-7H2,1-2H3. The van der Waals surface area contributed by atoms with E-state index in [2.05, 4.69) is 22.2 Å². The van der Waals surface area contributed by atoms with E-state index in [9.17, 15) is 0 Å². The summed E-state index contributed by atoms with van der Waals surface area (Å²) in [4.78, 5) is 4.44. The Bertz CT molecular complexity index is 804. The highest BCUT2D eigenvalue weighted by Gasteiger charge is 2.26. The van der Waals surface area contributed by atoms with Crippen molar-refractivity contribution in [1.82, 2.24) is 19.9 Å². The summed E-state index contributed by atoms with van der Waals surface area (Å²) in [6.45, 7) is 2.90. The van der Waals surface area contributed by atoms with Crippen LogP contribution in [0.15, 0.2) is 33.5 Å². The molecule has 0 aromatic carbocycles. The van der Waals surface area contributed by atoms with Gasteiger partial charge in [0.25, 0.3) is 5.89 Å². The molecule has 2 atom stereocenters. The molecule has 0 bridgehead atoms. The van der Waals surface area contributed by atoms with E-state index in [0.29, 0.717) is 23.4 Å². The summed E-state index contributed by atoms with van der Waals surface area (Å²) < 4.78 is 18.4. The van der Waals surface area contributed by atoms with Gasteiger partial charge >= 0.3 is 0 Å². The Morgan fingerprint density at radius 1 is 1.30 bits per heavy atom. The molecule has 0 aliphatic carbocycles. The van der Waals surface area contributed by atoms with Crippen molar-refractivity contribution < 1.29 is 13.7 Å². The highest BCUT2D eigenvalue weighted by atomic mass is 16.5. The lowest BCUT2D eigenvalue weighted by Gasteiger charge is -2.10. The van der Waals surface area contributed by atoms with E-state index >= 15 is 0 Å². The number of hydrogen-bond acceptors (Lipinski definition) is 6. The van der Waals surface area contributed by atoms with Gasteiger partial charge in [0.15, 0.2) is 11.6 Å². The summed E-state index contributed by atoms with van der Waals surface area (Å²) in [5.74, 6) is 2.84. The molecule has 0 saturated carbocycles. The third-order valence-corrected chi connectivity index (χ3v) is 4.25. The third-order valence-electron chi connectivity index (χ3n) is 4.25.